The van der Waals surface area contributed by atoms with Gasteiger partial charge in [-0.3, -0.25) is 4.99 Å². The Morgan fingerprint density at radius 1 is 1.35 bits per heavy atom. The number of thiazole rings is 1. The number of nitrogens with one attached hydrogen (secondary N) is 2. The van der Waals surface area contributed by atoms with Crippen molar-refractivity contribution in [3.05, 3.63) is 16.1 Å². The Balaban J connectivity index is 2.49. The molecule has 0 radical (unpaired) electrons. The summed E-state index contributed by atoms with van der Waals surface area (Å²) in [4.78, 5) is 9.25. The minimum absolute atomic E-state index is 0.444. The van der Waals surface area contributed by atoms with Crippen LogP contribution in [0, 0.1) is 0 Å². The fraction of sp³-hybridized carbons (Fsp3) is 0.733. The normalized spacial score (nSPS) is 13.6. The molecule has 1 rings (SSSR count). The van der Waals surface area contributed by atoms with Crippen molar-refractivity contribution < 1.29 is 0 Å². The predicted molar refractivity (Wildman–Crippen MR) is 88.8 cm³/mol. The van der Waals surface area contributed by atoms with Gasteiger partial charge in [0.25, 0.3) is 0 Å². The van der Waals surface area contributed by atoms with Crippen LogP contribution >= 0.6 is 11.3 Å². The van der Waals surface area contributed by atoms with E-state index in [2.05, 4.69) is 60.6 Å². The van der Waals surface area contributed by atoms with Gasteiger partial charge in [0.2, 0.25) is 0 Å². The van der Waals surface area contributed by atoms with Gasteiger partial charge in [0.1, 0.15) is 0 Å². The van der Waals surface area contributed by atoms with E-state index in [0.717, 1.165) is 37.6 Å². The van der Waals surface area contributed by atoms with Crippen LogP contribution in [0.2, 0.25) is 0 Å². The van der Waals surface area contributed by atoms with Crippen LogP contribution in [0.1, 0.15) is 57.7 Å². The van der Waals surface area contributed by atoms with Crippen LogP contribution in [0.25, 0.3) is 0 Å². The highest BCUT2D eigenvalue weighted by atomic mass is 32.1. The molecule has 5 heteroatoms. The van der Waals surface area contributed by atoms with Crippen LogP contribution in [0.4, 0.5) is 0 Å². The second-order valence-corrected chi connectivity index (χ2v) is 6.19. The fourth-order valence-corrected chi connectivity index (χ4v) is 2.51. The molecule has 1 aromatic rings. The zero-order valence-corrected chi connectivity index (χ0v) is 14.2. The molecule has 0 fully saturated rings. The van der Waals surface area contributed by atoms with Crippen molar-refractivity contribution >= 4 is 17.3 Å². The summed E-state index contributed by atoms with van der Waals surface area (Å²) in [6.45, 7) is 12.4. The van der Waals surface area contributed by atoms with Crippen LogP contribution in [0.15, 0.2) is 10.4 Å². The minimum Gasteiger partial charge on any atom is -0.357 e. The average Bonchev–Trinajstić information content (AvgIpc) is 2.87. The lowest BCUT2D eigenvalue weighted by molar-refractivity contribution is 0.624. The van der Waals surface area contributed by atoms with Gasteiger partial charge < -0.3 is 10.6 Å². The van der Waals surface area contributed by atoms with Crippen LogP contribution in [-0.4, -0.2) is 30.1 Å². The first-order chi connectivity index (χ1) is 9.56. The van der Waals surface area contributed by atoms with Gasteiger partial charge >= 0.3 is 0 Å². The third-order valence-corrected chi connectivity index (χ3v) is 4.24. The summed E-state index contributed by atoms with van der Waals surface area (Å²) in [7, 11) is 0. The highest BCUT2D eigenvalue weighted by Gasteiger charge is 2.06. The van der Waals surface area contributed by atoms with Crippen LogP contribution in [0.3, 0.4) is 0 Å². The summed E-state index contributed by atoms with van der Waals surface area (Å²) >= 11 is 1.75. The smallest absolute Gasteiger partial charge is 0.191 e. The molecular formula is C15H28N4S. The van der Waals surface area contributed by atoms with Crippen LogP contribution < -0.4 is 10.6 Å². The zero-order valence-electron chi connectivity index (χ0n) is 13.4. The molecule has 0 aliphatic heterocycles. The molecule has 20 heavy (non-hydrogen) atoms. The first-order valence-electron chi connectivity index (χ1n) is 7.55. The number of aliphatic imine (C=N–C) groups is 1. The molecule has 0 saturated carbocycles. The molecule has 1 heterocycles. The van der Waals surface area contributed by atoms with E-state index in [0.29, 0.717) is 12.0 Å². The van der Waals surface area contributed by atoms with E-state index in [1.807, 2.05) is 0 Å². The molecule has 0 amide bonds. The van der Waals surface area contributed by atoms with E-state index in [4.69, 9.17) is 0 Å². The first-order valence-corrected chi connectivity index (χ1v) is 8.43. The number of guanidine groups is 1. The van der Waals surface area contributed by atoms with Gasteiger partial charge in [0.05, 0.1) is 10.7 Å². The van der Waals surface area contributed by atoms with Gasteiger partial charge in [0, 0.05) is 36.9 Å². The molecular weight excluding hydrogens is 268 g/mol. The lowest BCUT2D eigenvalue weighted by atomic mass is 10.2. The van der Waals surface area contributed by atoms with Gasteiger partial charge in [-0.2, -0.15) is 0 Å². The lowest BCUT2D eigenvalue weighted by Crippen LogP contribution is -2.42. The topological polar surface area (TPSA) is 49.3 Å². The van der Waals surface area contributed by atoms with E-state index < -0.39 is 0 Å². The maximum absolute atomic E-state index is 4.64. The third-order valence-electron chi connectivity index (χ3n) is 3.04. The summed E-state index contributed by atoms with van der Waals surface area (Å²) in [6, 6.07) is 0.444. The van der Waals surface area contributed by atoms with Crippen molar-refractivity contribution in [1.82, 2.24) is 15.6 Å². The first kappa shape index (κ1) is 17.0. The van der Waals surface area contributed by atoms with Crippen molar-refractivity contribution in [2.24, 2.45) is 4.99 Å². The number of hydrogen-bond donors (Lipinski definition) is 2. The summed E-state index contributed by atoms with van der Waals surface area (Å²) in [6.07, 6.45) is 1.99. The molecule has 0 aliphatic carbocycles. The van der Waals surface area contributed by atoms with Gasteiger partial charge in [-0.1, -0.05) is 20.8 Å². The Morgan fingerprint density at radius 2 is 2.10 bits per heavy atom. The quantitative estimate of drug-likeness (QED) is 0.600. The van der Waals surface area contributed by atoms with E-state index >= 15 is 0 Å². The Morgan fingerprint density at radius 3 is 2.65 bits per heavy atom. The Labute approximate surface area is 127 Å². The second-order valence-electron chi connectivity index (χ2n) is 5.30. The van der Waals surface area contributed by atoms with Crippen molar-refractivity contribution in [3.8, 4) is 0 Å². The number of hydrogen-bond acceptors (Lipinski definition) is 3. The lowest BCUT2D eigenvalue weighted by Gasteiger charge is -2.15. The van der Waals surface area contributed by atoms with Crippen molar-refractivity contribution in [2.75, 3.05) is 13.1 Å². The van der Waals surface area contributed by atoms with Crippen LogP contribution in [0.5, 0.6) is 0 Å². The monoisotopic (exact) mass is 296 g/mol. The molecule has 1 unspecified atom stereocenters. The summed E-state index contributed by atoms with van der Waals surface area (Å²) in [5.41, 5.74) is 1.15. The maximum atomic E-state index is 4.64. The van der Waals surface area contributed by atoms with Crippen molar-refractivity contribution in [3.63, 3.8) is 0 Å². The summed E-state index contributed by atoms with van der Waals surface area (Å²) in [5, 5.41) is 10.0. The van der Waals surface area contributed by atoms with E-state index in [1.54, 1.807) is 11.3 Å². The molecule has 0 bridgehead atoms. The third kappa shape index (κ3) is 5.90. The molecule has 0 saturated heterocycles. The number of nitrogens with zero attached hydrogens (tertiary/aromatic N) is 2. The molecule has 114 valence electrons. The molecule has 2 N–H and O–H groups in total. The largest absolute Gasteiger partial charge is 0.357 e. The Kier molecular flexibility index (Phi) is 7.59. The van der Waals surface area contributed by atoms with Gasteiger partial charge in [0.15, 0.2) is 5.96 Å². The maximum Gasteiger partial charge on any atom is 0.191 e. The SMILES string of the molecule is CCNC(=NCCc1csc(C(C)C)n1)NC(C)CC. The number of rotatable bonds is 7. The summed E-state index contributed by atoms with van der Waals surface area (Å²) < 4.78 is 0. The Hall–Kier alpha value is -1.10. The summed E-state index contributed by atoms with van der Waals surface area (Å²) in [5.74, 6) is 1.42. The average molecular weight is 296 g/mol. The number of aromatic nitrogens is 1. The van der Waals surface area contributed by atoms with Gasteiger partial charge in [-0.25, -0.2) is 4.98 Å². The molecule has 0 aliphatic rings. The molecule has 4 nitrogen and oxygen atoms in total. The fourth-order valence-electron chi connectivity index (χ4n) is 1.64. The van der Waals surface area contributed by atoms with Crippen LogP contribution in [-0.2, 0) is 6.42 Å². The molecule has 0 spiro atoms. The van der Waals surface area contributed by atoms with E-state index in [1.165, 1.54) is 5.01 Å². The molecule has 1 aromatic heterocycles. The highest BCUT2D eigenvalue weighted by molar-refractivity contribution is 7.09. The Bertz CT molecular complexity index is 412. The highest BCUT2D eigenvalue weighted by Crippen LogP contribution is 2.19. The van der Waals surface area contributed by atoms with Crippen molar-refractivity contribution in [1.29, 1.82) is 0 Å². The predicted octanol–water partition coefficient (Wildman–Crippen LogP) is 3.16. The molecule has 0 aromatic carbocycles. The zero-order chi connectivity index (χ0) is 15.0. The van der Waals surface area contributed by atoms with Gasteiger partial charge in [-0.05, 0) is 20.3 Å². The standard InChI is InChI=1S/C15H28N4S/c1-6-12(5)18-15(16-7-2)17-9-8-13-10-20-14(19-13)11(3)4/h10-12H,6-9H2,1-5H3,(H2,16,17,18). The van der Waals surface area contributed by atoms with Crippen molar-refractivity contribution in [2.45, 2.75) is 59.4 Å². The van der Waals surface area contributed by atoms with E-state index in [-0.39, 0.29) is 0 Å². The molecule has 1 atom stereocenters. The second kappa shape index (κ2) is 8.95. The van der Waals surface area contributed by atoms with Gasteiger partial charge in [-0.15, -0.1) is 11.3 Å². The minimum atomic E-state index is 0.444. The van der Waals surface area contributed by atoms with E-state index in [9.17, 15) is 0 Å².